The Balaban J connectivity index is 1.71. The van der Waals surface area contributed by atoms with Gasteiger partial charge in [-0.05, 0) is 69.6 Å². The molecule has 1 fully saturated rings. The zero-order valence-electron chi connectivity index (χ0n) is 16.4. The van der Waals surface area contributed by atoms with Gasteiger partial charge in [0.2, 0.25) is 0 Å². The van der Waals surface area contributed by atoms with Crippen molar-refractivity contribution in [2.24, 2.45) is 0 Å². The van der Waals surface area contributed by atoms with Crippen LogP contribution in [0.4, 0.5) is 5.69 Å². The van der Waals surface area contributed by atoms with Gasteiger partial charge in [0.05, 0.1) is 23.1 Å². The molecule has 1 aliphatic heterocycles. The first kappa shape index (κ1) is 18.4. The highest BCUT2D eigenvalue weighted by molar-refractivity contribution is 6.05. The van der Waals surface area contributed by atoms with Crippen LogP contribution in [0, 0.1) is 13.8 Å². The summed E-state index contributed by atoms with van der Waals surface area (Å²) >= 11 is 0. The summed E-state index contributed by atoms with van der Waals surface area (Å²) in [5.41, 5.74) is 5.82. The van der Waals surface area contributed by atoms with Crippen LogP contribution in [0.5, 0.6) is 0 Å². The van der Waals surface area contributed by atoms with E-state index < -0.39 is 0 Å². The first-order valence-corrected chi connectivity index (χ1v) is 9.85. The Kier molecular flexibility index (Phi) is 5.26. The average molecular weight is 374 g/mol. The quantitative estimate of drug-likeness (QED) is 0.719. The van der Waals surface area contributed by atoms with Crippen LogP contribution in [0.25, 0.3) is 5.69 Å². The third kappa shape index (κ3) is 3.85. The molecule has 0 spiro atoms. The van der Waals surface area contributed by atoms with Crippen LogP contribution in [0.2, 0.25) is 0 Å². The number of nitrogens with zero attached hydrogens (tertiary/aromatic N) is 2. The summed E-state index contributed by atoms with van der Waals surface area (Å²) in [5.74, 6) is 0.208. The predicted octanol–water partition coefficient (Wildman–Crippen LogP) is 4.21. The Morgan fingerprint density at radius 1 is 1.07 bits per heavy atom. The largest absolute Gasteiger partial charge is 0.322 e. The Morgan fingerprint density at radius 3 is 2.54 bits per heavy atom. The summed E-state index contributed by atoms with van der Waals surface area (Å²) in [6.07, 6.45) is 3.72. The molecule has 144 valence electrons. The fraction of sp³-hybridized carbons (Fsp3) is 0.304. The molecule has 0 saturated carbocycles. The zero-order valence-corrected chi connectivity index (χ0v) is 16.4. The van der Waals surface area contributed by atoms with Gasteiger partial charge in [-0.1, -0.05) is 29.8 Å². The number of aromatic nitrogens is 2. The van der Waals surface area contributed by atoms with Crippen LogP contribution < -0.4 is 10.6 Å². The van der Waals surface area contributed by atoms with Crippen molar-refractivity contribution in [3.8, 4) is 5.69 Å². The van der Waals surface area contributed by atoms with E-state index in [1.807, 2.05) is 48.0 Å². The number of carbonyl (C=O) groups is 1. The summed E-state index contributed by atoms with van der Waals surface area (Å²) in [5, 5.41) is 11.1. The first-order valence-electron chi connectivity index (χ1n) is 9.85. The molecule has 2 heterocycles. The van der Waals surface area contributed by atoms with Crippen LogP contribution in [-0.2, 0) is 0 Å². The van der Waals surface area contributed by atoms with E-state index in [0.717, 1.165) is 43.0 Å². The monoisotopic (exact) mass is 374 g/mol. The molecule has 0 atom stereocenters. The molecule has 5 heteroatoms. The van der Waals surface area contributed by atoms with Crippen LogP contribution in [0.15, 0.2) is 54.7 Å². The lowest BCUT2D eigenvalue weighted by atomic mass is 9.91. The number of benzene rings is 2. The van der Waals surface area contributed by atoms with Crippen molar-refractivity contribution in [1.82, 2.24) is 15.1 Å². The van der Waals surface area contributed by atoms with Crippen LogP contribution in [0.3, 0.4) is 0 Å². The number of anilines is 1. The molecule has 2 aromatic carbocycles. The Bertz CT molecular complexity index is 969. The van der Waals surface area contributed by atoms with Crippen LogP contribution in [0.1, 0.15) is 45.9 Å². The lowest BCUT2D eigenvalue weighted by Gasteiger charge is -2.24. The number of aryl methyl sites for hydroxylation is 2. The van der Waals surface area contributed by atoms with Gasteiger partial charge >= 0.3 is 0 Å². The molecule has 3 aromatic rings. The molecule has 1 aromatic heterocycles. The van der Waals surface area contributed by atoms with E-state index in [4.69, 9.17) is 0 Å². The first-order chi connectivity index (χ1) is 13.6. The highest BCUT2D eigenvalue weighted by atomic mass is 16.1. The number of nitrogens with one attached hydrogen (secondary N) is 2. The average Bonchev–Trinajstić information content (AvgIpc) is 3.16. The third-order valence-electron chi connectivity index (χ3n) is 5.33. The molecule has 1 amide bonds. The normalized spacial score (nSPS) is 14.8. The molecule has 0 aliphatic carbocycles. The SMILES string of the molecule is Cc1ccc(NC(=O)c2cnn(-c3cccc(C)c3)c2C2CCNCC2)cc1. The van der Waals surface area contributed by atoms with Crippen molar-refractivity contribution in [2.75, 3.05) is 18.4 Å². The van der Waals surface area contributed by atoms with Gasteiger partial charge in [-0.2, -0.15) is 5.10 Å². The molecule has 2 N–H and O–H groups in total. The van der Waals surface area contributed by atoms with Crippen molar-refractivity contribution in [3.05, 3.63) is 77.1 Å². The van der Waals surface area contributed by atoms with Gasteiger partial charge in [0.1, 0.15) is 0 Å². The second-order valence-electron chi connectivity index (χ2n) is 7.54. The molecule has 1 saturated heterocycles. The van der Waals surface area contributed by atoms with Crippen molar-refractivity contribution < 1.29 is 4.79 Å². The maximum atomic E-state index is 13.1. The molecule has 1 aliphatic rings. The van der Waals surface area contributed by atoms with E-state index >= 15 is 0 Å². The van der Waals surface area contributed by atoms with Gasteiger partial charge in [0.25, 0.3) is 5.91 Å². The van der Waals surface area contributed by atoms with E-state index in [0.29, 0.717) is 11.5 Å². The van der Waals surface area contributed by atoms with Gasteiger partial charge in [0, 0.05) is 11.6 Å². The maximum Gasteiger partial charge on any atom is 0.259 e. The fourth-order valence-corrected chi connectivity index (χ4v) is 3.82. The number of rotatable bonds is 4. The standard InChI is InChI=1S/C23H26N4O/c1-16-6-8-19(9-7-16)26-23(28)21-15-25-27(20-5-3-4-17(2)14-20)22(21)18-10-12-24-13-11-18/h3-9,14-15,18,24H,10-13H2,1-2H3,(H,26,28). The Labute approximate surface area is 165 Å². The molecular formula is C23H26N4O. The maximum absolute atomic E-state index is 13.1. The Morgan fingerprint density at radius 2 is 1.82 bits per heavy atom. The van der Waals surface area contributed by atoms with Crippen molar-refractivity contribution in [2.45, 2.75) is 32.6 Å². The lowest BCUT2D eigenvalue weighted by molar-refractivity contribution is 0.102. The number of hydrogen-bond acceptors (Lipinski definition) is 3. The number of hydrogen-bond donors (Lipinski definition) is 2. The van der Waals surface area contributed by atoms with Crippen LogP contribution in [-0.4, -0.2) is 28.8 Å². The minimum atomic E-state index is -0.101. The topological polar surface area (TPSA) is 59.0 Å². The van der Waals surface area contributed by atoms with Gasteiger partial charge in [-0.15, -0.1) is 0 Å². The van der Waals surface area contributed by atoms with Gasteiger partial charge < -0.3 is 10.6 Å². The lowest BCUT2D eigenvalue weighted by Crippen LogP contribution is -2.29. The Hall–Kier alpha value is -2.92. The highest BCUT2D eigenvalue weighted by Crippen LogP contribution is 2.31. The fourth-order valence-electron chi connectivity index (χ4n) is 3.82. The molecule has 0 radical (unpaired) electrons. The molecular weight excluding hydrogens is 348 g/mol. The summed E-state index contributed by atoms with van der Waals surface area (Å²) in [4.78, 5) is 13.1. The van der Waals surface area contributed by atoms with Crippen molar-refractivity contribution >= 4 is 11.6 Å². The van der Waals surface area contributed by atoms with E-state index in [-0.39, 0.29) is 5.91 Å². The predicted molar refractivity (Wildman–Crippen MR) is 112 cm³/mol. The minimum absolute atomic E-state index is 0.101. The van der Waals surface area contributed by atoms with E-state index in [2.05, 4.69) is 34.8 Å². The van der Waals surface area contributed by atoms with Crippen molar-refractivity contribution in [1.29, 1.82) is 0 Å². The van der Waals surface area contributed by atoms with Gasteiger partial charge in [-0.25, -0.2) is 4.68 Å². The van der Waals surface area contributed by atoms with E-state index in [9.17, 15) is 4.79 Å². The number of piperidine rings is 1. The van der Waals surface area contributed by atoms with E-state index in [1.165, 1.54) is 11.1 Å². The molecule has 0 bridgehead atoms. The molecule has 5 nitrogen and oxygen atoms in total. The van der Waals surface area contributed by atoms with Gasteiger partial charge in [0.15, 0.2) is 0 Å². The second-order valence-corrected chi connectivity index (χ2v) is 7.54. The molecule has 0 unspecified atom stereocenters. The van der Waals surface area contributed by atoms with E-state index in [1.54, 1.807) is 6.20 Å². The third-order valence-corrected chi connectivity index (χ3v) is 5.33. The summed E-state index contributed by atoms with van der Waals surface area (Å²) in [7, 11) is 0. The molecule has 4 rings (SSSR count). The summed E-state index contributed by atoms with van der Waals surface area (Å²) in [6, 6.07) is 16.1. The molecule has 28 heavy (non-hydrogen) atoms. The summed E-state index contributed by atoms with van der Waals surface area (Å²) < 4.78 is 1.95. The number of carbonyl (C=O) groups excluding carboxylic acids is 1. The minimum Gasteiger partial charge on any atom is -0.322 e. The second kappa shape index (κ2) is 7.98. The van der Waals surface area contributed by atoms with Gasteiger partial charge in [-0.3, -0.25) is 4.79 Å². The van der Waals surface area contributed by atoms with Crippen molar-refractivity contribution in [3.63, 3.8) is 0 Å². The zero-order chi connectivity index (χ0) is 19.5. The van der Waals surface area contributed by atoms with Crippen LogP contribution >= 0.6 is 0 Å². The number of amides is 1. The summed E-state index contributed by atoms with van der Waals surface area (Å²) in [6.45, 7) is 6.03. The smallest absolute Gasteiger partial charge is 0.259 e. The highest BCUT2D eigenvalue weighted by Gasteiger charge is 2.27.